The van der Waals surface area contributed by atoms with Crippen LogP contribution in [0.15, 0.2) is 66.7 Å². The molecule has 1 amide bonds. The summed E-state index contributed by atoms with van der Waals surface area (Å²) in [7, 11) is 0. The third-order valence-electron chi connectivity index (χ3n) is 6.02. The maximum absolute atomic E-state index is 14.3. The monoisotopic (exact) mass is 505 g/mol. The average molecular weight is 506 g/mol. The molecule has 0 radical (unpaired) electrons. The summed E-state index contributed by atoms with van der Waals surface area (Å²) in [6.07, 6.45) is -1.07. The Morgan fingerprint density at radius 2 is 1.57 bits per heavy atom. The van der Waals surface area contributed by atoms with Gasteiger partial charge in [0.15, 0.2) is 0 Å². The van der Waals surface area contributed by atoms with E-state index in [2.05, 4.69) is 5.32 Å². The molecule has 3 aromatic carbocycles. The molecule has 1 aliphatic rings. The number of benzene rings is 3. The molecular weight excluding hydrogens is 477 g/mol. The van der Waals surface area contributed by atoms with Crippen molar-refractivity contribution >= 4 is 18.0 Å². The molecule has 0 saturated heterocycles. The van der Waals surface area contributed by atoms with Crippen LogP contribution in [-0.2, 0) is 20.7 Å². The summed E-state index contributed by atoms with van der Waals surface area (Å²) in [4.78, 5) is 36.8. The topological polar surface area (TPSA) is 102 Å². The smallest absolute Gasteiger partial charge is 0.407 e. The molecule has 3 aromatic rings. The van der Waals surface area contributed by atoms with Crippen LogP contribution in [0.4, 0.5) is 9.18 Å². The zero-order chi connectivity index (χ0) is 26.7. The molecule has 37 heavy (non-hydrogen) atoms. The SMILES string of the molecule is CC(C)(C)OC(=O)c1cc(C[C@H](NC(=O)OCC2c3ccccc3-c3ccccc32)C(=O)O)ccc1F. The minimum Gasteiger partial charge on any atom is -0.480 e. The molecule has 2 N–H and O–H groups in total. The number of halogens is 1. The summed E-state index contributed by atoms with van der Waals surface area (Å²) in [6.45, 7) is 5.01. The standard InChI is InChI=1S/C29H28FNO6/c1-29(2,3)37-27(34)22-14-17(12-13-24(22)30)15-25(26(32)33)31-28(35)36-16-23-20-10-6-4-8-18(20)19-9-5-7-11-21(19)23/h4-14,23,25H,15-16H2,1-3H3,(H,31,35)(H,32,33)/t25-/m0/s1. The third kappa shape index (κ3) is 5.97. The van der Waals surface area contributed by atoms with Gasteiger partial charge in [0.25, 0.3) is 0 Å². The van der Waals surface area contributed by atoms with E-state index in [1.54, 1.807) is 20.8 Å². The number of ether oxygens (including phenoxy) is 2. The number of aliphatic carboxylic acids is 1. The van der Waals surface area contributed by atoms with E-state index in [-0.39, 0.29) is 24.5 Å². The minimum atomic E-state index is -1.35. The number of rotatable bonds is 7. The fourth-order valence-electron chi connectivity index (χ4n) is 4.41. The van der Waals surface area contributed by atoms with Crippen LogP contribution in [0.5, 0.6) is 0 Å². The predicted molar refractivity (Wildman–Crippen MR) is 135 cm³/mol. The van der Waals surface area contributed by atoms with Gasteiger partial charge in [-0.3, -0.25) is 0 Å². The van der Waals surface area contributed by atoms with Gasteiger partial charge in [0.2, 0.25) is 0 Å². The highest BCUT2D eigenvalue weighted by molar-refractivity contribution is 5.90. The Morgan fingerprint density at radius 1 is 0.973 bits per heavy atom. The highest BCUT2D eigenvalue weighted by Crippen LogP contribution is 2.44. The van der Waals surface area contributed by atoms with E-state index in [1.165, 1.54) is 12.1 Å². The van der Waals surface area contributed by atoms with Crippen molar-refractivity contribution in [2.75, 3.05) is 6.61 Å². The average Bonchev–Trinajstić information content (AvgIpc) is 3.16. The first kappa shape index (κ1) is 25.9. The molecule has 7 nitrogen and oxygen atoms in total. The van der Waals surface area contributed by atoms with E-state index in [0.717, 1.165) is 28.3 Å². The van der Waals surface area contributed by atoms with Gasteiger partial charge in [0.05, 0.1) is 5.56 Å². The Kier molecular flexibility index (Phi) is 7.29. The number of nitrogens with one attached hydrogen (secondary N) is 1. The minimum absolute atomic E-state index is 0.0333. The van der Waals surface area contributed by atoms with Crippen molar-refractivity contribution in [3.8, 4) is 11.1 Å². The molecule has 0 saturated carbocycles. The van der Waals surface area contributed by atoms with E-state index in [0.29, 0.717) is 5.56 Å². The number of carboxylic acid groups (broad SMARTS) is 1. The van der Waals surface area contributed by atoms with Gasteiger partial charge in [-0.25, -0.2) is 18.8 Å². The van der Waals surface area contributed by atoms with Crippen LogP contribution in [0.1, 0.15) is 53.7 Å². The fourth-order valence-corrected chi connectivity index (χ4v) is 4.41. The number of esters is 1. The Labute approximate surface area is 214 Å². The molecule has 0 fully saturated rings. The summed E-state index contributed by atoms with van der Waals surface area (Å²) in [5, 5.41) is 12.0. The highest BCUT2D eigenvalue weighted by atomic mass is 19.1. The number of hydrogen-bond acceptors (Lipinski definition) is 5. The lowest BCUT2D eigenvalue weighted by Crippen LogP contribution is -2.43. The number of hydrogen-bond donors (Lipinski definition) is 2. The first-order chi connectivity index (χ1) is 17.5. The van der Waals surface area contributed by atoms with Gasteiger partial charge < -0.3 is 19.9 Å². The van der Waals surface area contributed by atoms with Gasteiger partial charge in [-0.15, -0.1) is 0 Å². The van der Waals surface area contributed by atoms with Gasteiger partial charge in [0.1, 0.15) is 24.1 Å². The Hall–Kier alpha value is -4.20. The molecular formula is C29H28FNO6. The van der Waals surface area contributed by atoms with Gasteiger partial charge in [-0.2, -0.15) is 0 Å². The second kappa shape index (κ2) is 10.4. The van der Waals surface area contributed by atoms with Crippen molar-refractivity contribution in [3.63, 3.8) is 0 Å². The number of alkyl carbamates (subject to hydrolysis) is 1. The lowest BCUT2D eigenvalue weighted by atomic mass is 9.98. The summed E-state index contributed by atoms with van der Waals surface area (Å²) in [6, 6.07) is 18.1. The van der Waals surface area contributed by atoms with E-state index >= 15 is 0 Å². The molecule has 0 aliphatic heterocycles. The van der Waals surface area contributed by atoms with E-state index in [9.17, 15) is 23.9 Å². The Balaban J connectivity index is 1.43. The van der Waals surface area contributed by atoms with Crippen LogP contribution in [0, 0.1) is 5.82 Å². The second-order valence-corrected chi connectivity index (χ2v) is 9.88. The van der Waals surface area contributed by atoms with E-state index in [4.69, 9.17) is 9.47 Å². The van der Waals surface area contributed by atoms with Gasteiger partial charge in [-0.1, -0.05) is 54.6 Å². The van der Waals surface area contributed by atoms with Crippen LogP contribution in [0.2, 0.25) is 0 Å². The third-order valence-corrected chi connectivity index (χ3v) is 6.02. The number of carbonyl (C=O) groups is 3. The molecule has 4 rings (SSSR count). The predicted octanol–water partition coefficient (Wildman–Crippen LogP) is 5.32. The van der Waals surface area contributed by atoms with Crippen molar-refractivity contribution in [2.45, 2.75) is 44.8 Å². The second-order valence-electron chi connectivity index (χ2n) is 9.88. The lowest BCUT2D eigenvalue weighted by molar-refractivity contribution is -0.139. The van der Waals surface area contributed by atoms with Crippen molar-refractivity contribution in [1.82, 2.24) is 5.32 Å². The zero-order valence-corrected chi connectivity index (χ0v) is 20.8. The van der Waals surface area contributed by atoms with E-state index < -0.39 is 35.5 Å². The maximum atomic E-state index is 14.3. The summed E-state index contributed by atoms with van der Waals surface area (Å²) < 4.78 is 24.9. The van der Waals surface area contributed by atoms with Crippen molar-refractivity contribution < 1.29 is 33.4 Å². The zero-order valence-electron chi connectivity index (χ0n) is 20.8. The largest absolute Gasteiger partial charge is 0.480 e. The first-order valence-electron chi connectivity index (χ1n) is 11.9. The normalized spacial score (nSPS) is 13.3. The Bertz CT molecular complexity index is 1300. The van der Waals surface area contributed by atoms with Crippen LogP contribution >= 0.6 is 0 Å². The fraction of sp³-hybridized carbons (Fsp3) is 0.276. The molecule has 8 heteroatoms. The molecule has 1 atom stereocenters. The van der Waals surface area contributed by atoms with Crippen molar-refractivity contribution in [2.24, 2.45) is 0 Å². The number of fused-ring (bicyclic) bond motifs is 3. The van der Waals surface area contributed by atoms with Crippen LogP contribution < -0.4 is 5.32 Å². The number of carbonyl (C=O) groups excluding carboxylic acids is 2. The molecule has 0 bridgehead atoms. The highest BCUT2D eigenvalue weighted by Gasteiger charge is 2.30. The summed E-state index contributed by atoms with van der Waals surface area (Å²) >= 11 is 0. The van der Waals surface area contributed by atoms with Crippen LogP contribution in [0.25, 0.3) is 11.1 Å². The lowest BCUT2D eigenvalue weighted by Gasteiger charge is -2.20. The van der Waals surface area contributed by atoms with Gasteiger partial charge >= 0.3 is 18.0 Å². The maximum Gasteiger partial charge on any atom is 0.407 e. The molecule has 0 unspecified atom stereocenters. The summed E-state index contributed by atoms with van der Waals surface area (Å²) in [5.74, 6) is -3.11. The van der Waals surface area contributed by atoms with Crippen LogP contribution in [-0.4, -0.2) is 41.4 Å². The number of amides is 1. The van der Waals surface area contributed by atoms with Gasteiger partial charge in [0, 0.05) is 12.3 Å². The molecule has 0 heterocycles. The quantitative estimate of drug-likeness (QED) is 0.422. The first-order valence-corrected chi connectivity index (χ1v) is 11.9. The molecule has 1 aliphatic carbocycles. The van der Waals surface area contributed by atoms with Crippen molar-refractivity contribution in [1.29, 1.82) is 0 Å². The van der Waals surface area contributed by atoms with Gasteiger partial charge in [-0.05, 0) is 60.7 Å². The molecule has 192 valence electrons. The molecule has 0 aromatic heterocycles. The van der Waals surface area contributed by atoms with Crippen molar-refractivity contribution in [3.05, 3.63) is 94.8 Å². The number of carboxylic acids is 1. The molecule has 0 spiro atoms. The van der Waals surface area contributed by atoms with E-state index in [1.807, 2.05) is 48.5 Å². The van der Waals surface area contributed by atoms with Crippen LogP contribution in [0.3, 0.4) is 0 Å². The Morgan fingerprint density at radius 3 is 2.14 bits per heavy atom. The summed E-state index contributed by atoms with van der Waals surface area (Å²) in [5.41, 5.74) is 3.43.